The number of hydrogen-bond donors (Lipinski definition) is 0. The third-order valence-corrected chi connectivity index (χ3v) is 5.04. The molecule has 3 aromatic rings. The number of benzene rings is 2. The van der Waals surface area contributed by atoms with Gasteiger partial charge in [0.2, 0.25) is 0 Å². The molecule has 0 fully saturated rings. The first kappa shape index (κ1) is 18.5. The fourth-order valence-corrected chi connectivity index (χ4v) is 3.57. The molecule has 4 nitrogen and oxygen atoms in total. The SMILES string of the molecule is Cc1cc(C)cc(OCCCSc2nnc(-c3ccccc3F)n2C)c1. The lowest BCUT2D eigenvalue weighted by Crippen LogP contribution is -2.01. The van der Waals surface area contributed by atoms with Gasteiger partial charge in [-0.3, -0.25) is 0 Å². The van der Waals surface area contributed by atoms with Crippen molar-refractivity contribution in [2.45, 2.75) is 25.4 Å². The van der Waals surface area contributed by atoms with Gasteiger partial charge < -0.3 is 9.30 Å². The van der Waals surface area contributed by atoms with Crippen LogP contribution in [0.3, 0.4) is 0 Å². The zero-order valence-electron chi connectivity index (χ0n) is 15.2. The van der Waals surface area contributed by atoms with E-state index in [1.54, 1.807) is 30.0 Å². The molecular formula is C20H22FN3OS. The van der Waals surface area contributed by atoms with Gasteiger partial charge in [-0.05, 0) is 55.7 Å². The van der Waals surface area contributed by atoms with E-state index in [0.717, 1.165) is 23.1 Å². The van der Waals surface area contributed by atoms with E-state index >= 15 is 0 Å². The van der Waals surface area contributed by atoms with Crippen molar-refractivity contribution in [1.82, 2.24) is 14.8 Å². The van der Waals surface area contributed by atoms with Gasteiger partial charge in [0.25, 0.3) is 0 Å². The Labute approximate surface area is 157 Å². The molecule has 0 spiro atoms. The van der Waals surface area contributed by atoms with Crippen LogP contribution in [0.5, 0.6) is 5.75 Å². The molecule has 1 aromatic heterocycles. The molecule has 0 aliphatic heterocycles. The molecule has 2 aromatic carbocycles. The summed E-state index contributed by atoms with van der Waals surface area (Å²) in [5.74, 6) is 2.01. The molecule has 0 amide bonds. The minimum Gasteiger partial charge on any atom is -0.494 e. The van der Waals surface area contributed by atoms with Crippen molar-refractivity contribution in [1.29, 1.82) is 0 Å². The molecule has 0 bridgehead atoms. The Balaban J connectivity index is 1.52. The molecule has 6 heteroatoms. The zero-order chi connectivity index (χ0) is 18.5. The average Bonchev–Trinajstić information content (AvgIpc) is 2.95. The lowest BCUT2D eigenvalue weighted by atomic mass is 10.1. The second-order valence-corrected chi connectivity index (χ2v) is 7.28. The highest BCUT2D eigenvalue weighted by Gasteiger charge is 2.14. The maximum absolute atomic E-state index is 13.9. The second-order valence-electron chi connectivity index (χ2n) is 6.22. The van der Waals surface area contributed by atoms with Crippen LogP contribution in [0.4, 0.5) is 4.39 Å². The van der Waals surface area contributed by atoms with E-state index in [0.29, 0.717) is 18.0 Å². The smallest absolute Gasteiger partial charge is 0.191 e. The van der Waals surface area contributed by atoms with E-state index in [1.807, 2.05) is 23.7 Å². The quantitative estimate of drug-likeness (QED) is 0.442. The first-order valence-electron chi connectivity index (χ1n) is 8.53. The monoisotopic (exact) mass is 371 g/mol. The van der Waals surface area contributed by atoms with E-state index in [2.05, 4.69) is 30.1 Å². The van der Waals surface area contributed by atoms with Crippen LogP contribution in [-0.4, -0.2) is 27.1 Å². The summed E-state index contributed by atoms with van der Waals surface area (Å²) in [5.41, 5.74) is 2.87. The Hall–Kier alpha value is -2.34. The van der Waals surface area contributed by atoms with Crippen LogP contribution in [-0.2, 0) is 7.05 Å². The van der Waals surface area contributed by atoms with Gasteiger partial charge >= 0.3 is 0 Å². The number of halogens is 1. The minimum atomic E-state index is -0.290. The van der Waals surface area contributed by atoms with Crippen LogP contribution in [0.1, 0.15) is 17.5 Å². The van der Waals surface area contributed by atoms with Gasteiger partial charge in [0.15, 0.2) is 11.0 Å². The summed E-state index contributed by atoms with van der Waals surface area (Å²) >= 11 is 1.60. The van der Waals surface area contributed by atoms with Gasteiger partial charge in [-0.2, -0.15) is 0 Å². The van der Waals surface area contributed by atoms with Crippen molar-refractivity contribution in [3.63, 3.8) is 0 Å². The van der Waals surface area contributed by atoms with Gasteiger partial charge in [0, 0.05) is 12.8 Å². The van der Waals surface area contributed by atoms with Gasteiger partial charge in [0.1, 0.15) is 11.6 Å². The summed E-state index contributed by atoms with van der Waals surface area (Å²) in [6, 6.07) is 12.8. The Morgan fingerprint density at radius 2 is 1.81 bits per heavy atom. The summed E-state index contributed by atoms with van der Waals surface area (Å²) in [4.78, 5) is 0. The summed E-state index contributed by atoms with van der Waals surface area (Å²) in [6.45, 7) is 4.78. The highest BCUT2D eigenvalue weighted by atomic mass is 32.2. The molecule has 0 radical (unpaired) electrons. The van der Waals surface area contributed by atoms with Crippen LogP contribution in [0.2, 0.25) is 0 Å². The first-order chi connectivity index (χ1) is 12.5. The number of aromatic nitrogens is 3. The Morgan fingerprint density at radius 3 is 2.54 bits per heavy atom. The summed E-state index contributed by atoms with van der Waals surface area (Å²) in [5, 5.41) is 9.09. The van der Waals surface area contributed by atoms with Gasteiger partial charge in [-0.25, -0.2) is 4.39 Å². The number of nitrogens with zero attached hydrogens (tertiary/aromatic N) is 3. The number of hydrogen-bond acceptors (Lipinski definition) is 4. The van der Waals surface area contributed by atoms with E-state index in [4.69, 9.17) is 4.74 Å². The normalized spacial score (nSPS) is 10.9. The first-order valence-corrected chi connectivity index (χ1v) is 9.51. The number of ether oxygens (including phenoxy) is 1. The number of thioether (sulfide) groups is 1. The maximum Gasteiger partial charge on any atom is 0.191 e. The van der Waals surface area contributed by atoms with Crippen LogP contribution in [0.15, 0.2) is 47.6 Å². The Kier molecular flexibility index (Phi) is 5.93. The van der Waals surface area contributed by atoms with Gasteiger partial charge in [-0.1, -0.05) is 30.0 Å². The molecule has 136 valence electrons. The molecular weight excluding hydrogens is 349 g/mol. The number of rotatable bonds is 7. The van der Waals surface area contributed by atoms with E-state index < -0.39 is 0 Å². The third kappa shape index (κ3) is 4.43. The van der Waals surface area contributed by atoms with Crippen LogP contribution >= 0.6 is 11.8 Å². The maximum atomic E-state index is 13.9. The van der Waals surface area contributed by atoms with Crippen molar-refractivity contribution < 1.29 is 9.13 Å². The van der Waals surface area contributed by atoms with E-state index in [1.165, 1.54) is 17.2 Å². The largest absolute Gasteiger partial charge is 0.494 e. The van der Waals surface area contributed by atoms with Crippen molar-refractivity contribution in [3.05, 3.63) is 59.4 Å². The molecule has 26 heavy (non-hydrogen) atoms. The lowest BCUT2D eigenvalue weighted by molar-refractivity contribution is 0.318. The molecule has 1 heterocycles. The van der Waals surface area contributed by atoms with Gasteiger partial charge in [0.05, 0.1) is 12.2 Å². The lowest BCUT2D eigenvalue weighted by Gasteiger charge is -2.08. The molecule has 0 saturated carbocycles. The summed E-state index contributed by atoms with van der Waals surface area (Å²) in [7, 11) is 1.86. The highest BCUT2D eigenvalue weighted by molar-refractivity contribution is 7.99. The molecule has 0 N–H and O–H groups in total. The van der Waals surface area contributed by atoms with Gasteiger partial charge in [-0.15, -0.1) is 10.2 Å². The molecule has 0 atom stereocenters. The molecule has 3 rings (SSSR count). The van der Waals surface area contributed by atoms with Crippen LogP contribution < -0.4 is 4.74 Å². The average molecular weight is 371 g/mol. The summed E-state index contributed by atoms with van der Waals surface area (Å²) < 4.78 is 21.6. The standard InChI is InChI=1S/C20H22FN3OS/c1-14-11-15(2)13-16(12-14)25-9-6-10-26-20-23-22-19(24(20)3)17-7-4-5-8-18(17)21/h4-5,7-8,11-13H,6,9-10H2,1-3H3. The zero-order valence-corrected chi connectivity index (χ0v) is 16.0. The fourth-order valence-electron chi connectivity index (χ4n) is 2.75. The second kappa shape index (κ2) is 8.36. The predicted octanol–water partition coefficient (Wildman–Crippen LogP) is 4.80. The van der Waals surface area contributed by atoms with E-state index in [-0.39, 0.29) is 5.82 Å². The van der Waals surface area contributed by atoms with Crippen molar-refractivity contribution >= 4 is 11.8 Å². The minimum absolute atomic E-state index is 0.290. The molecule has 0 unspecified atom stereocenters. The van der Waals surface area contributed by atoms with Crippen LogP contribution in [0.25, 0.3) is 11.4 Å². The van der Waals surface area contributed by atoms with Crippen molar-refractivity contribution in [2.75, 3.05) is 12.4 Å². The Morgan fingerprint density at radius 1 is 1.08 bits per heavy atom. The fraction of sp³-hybridized carbons (Fsp3) is 0.300. The topological polar surface area (TPSA) is 39.9 Å². The van der Waals surface area contributed by atoms with Crippen LogP contribution in [0, 0.1) is 19.7 Å². The number of aryl methyl sites for hydroxylation is 2. The highest BCUT2D eigenvalue weighted by Crippen LogP contribution is 2.25. The van der Waals surface area contributed by atoms with Crippen molar-refractivity contribution in [3.8, 4) is 17.1 Å². The predicted molar refractivity (Wildman–Crippen MR) is 103 cm³/mol. The molecule has 0 aliphatic carbocycles. The molecule has 0 saturated heterocycles. The Bertz CT molecular complexity index is 874. The third-order valence-electron chi connectivity index (χ3n) is 3.93. The molecule has 0 aliphatic rings. The summed E-state index contributed by atoms with van der Waals surface area (Å²) in [6.07, 6.45) is 0.888. The van der Waals surface area contributed by atoms with E-state index in [9.17, 15) is 4.39 Å². The van der Waals surface area contributed by atoms with Crippen molar-refractivity contribution in [2.24, 2.45) is 7.05 Å².